The number of hydrogen-bond donors (Lipinski definition) is 7. The predicted octanol–water partition coefficient (Wildman–Crippen LogP) is 1.01. The number of nitrogens with one attached hydrogen (secondary N) is 6. The van der Waals surface area contributed by atoms with E-state index < -0.39 is 66.8 Å². The highest BCUT2D eigenvalue weighted by Crippen LogP contribution is 2.44. The molecular weight excluding hydrogens is 873 g/mol. The maximum absolute atomic E-state index is 13.0. The molecular formula is C47H60N6O14. The largest absolute Gasteiger partial charge is 0.479 e. The van der Waals surface area contributed by atoms with E-state index in [4.69, 9.17) is 28.4 Å². The van der Waals surface area contributed by atoms with E-state index in [2.05, 4.69) is 56.2 Å². The van der Waals surface area contributed by atoms with Crippen molar-refractivity contribution < 1.29 is 67.1 Å². The van der Waals surface area contributed by atoms with Gasteiger partial charge in [-0.1, -0.05) is 78.9 Å². The number of carboxylic acids is 1. The van der Waals surface area contributed by atoms with Crippen LogP contribution in [-0.2, 0) is 63.6 Å². The second-order valence-corrected chi connectivity index (χ2v) is 15.5. The fraction of sp³-hybridized carbons (Fsp3) is 0.468. The summed E-state index contributed by atoms with van der Waals surface area (Å²) in [6.07, 6.45) is 0.0414. The fourth-order valence-electron chi connectivity index (χ4n) is 6.99. The monoisotopic (exact) mass is 932 g/mol. The summed E-state index contributed by atoms with van der Waals surface area (Å²) in [5.74, 6) is -4.24. The first-order valence-corrected chi connectivity index (χ1v) is 22.2. The van der Waals surface area contributed by atoms with Crippen LogP contribution in [0.15, 0.2) is 78.9 Å². The van der Waals surface area contributed by atoms with Crippen molar-refractivity contribution >= 4 is 41.6 Å². The van der Waals surface area contributed by atoms with Gasteiger partial charge in [-0.2, -0.15) is 0 Å². The first kappa shape index (κ1) is 51.5. The maximum Gasteiger partial charge on any atom is 0.407 e. The number of alkyl carbamates (subject to hydrolysis) is 1. The van der Waals surface area contributed by atoms with Crippen molar-refractivity contribution in [1.82, 2.24) is 31.9 Å². The predicted molar refractivity (Wildman–Crippen MR) is 240 cm³/mol. The zero-order valence-electron chi connectivity index (χ0n) is 37.3. The molecule has 7 N–H and O–H groups in total. The first-order chi connectivity index (χ1) is 32.6. The van der Waals surface area contributed by atoms with E-state index in [0.29, 0.717) is 39.6 Å². The minimum atomic E-state index is -1.11. The van der Waals surface area contributed by atoms with E-state index in [1.165, 1.54) is 11.1 Å². The molecule has 0 aliphatic heterocycles. The molecule has 67 heavy (non-hydrogen) atoms. The molecule has 3 aromatic rings. The highest BCUT2D eigenvalue weighted by atomic mass is 16.6. The third kappa shape index (κ3) is 18.8. The smallest absolute Gasteiger partial charge is 0.407 e. The highest BCUT2D eigenvalue weighted by Gasteiger charge is 2.37. The molecule has 0 aromatic heterocycles. The van der Waals surface area contributed by atoms with Crippen LogP contribution in [0, 0.1) is 5.92 Å². The first-order valence-electron chi connectivity index (χ1n) is 22.2. The van der Waals surface area contributed by atoms with Crippen LogP contribution in [0.2, 0.25) is 0 Å². The molecule has 0 bridgehead atoms. The minimum absolute atomic E-state index is 0.00618. The van der Waals surface area contributed by atoms with Gasteiger partial charge in [0.2, 0.25) is 29.5 Å². The van der Waals surface area contributed by atoms with Crippen molar-refractivity contribution in [2.75, 3.05) is 92.4 Å². The quantitative estimate of drug-likeness (QED) is 0.0341. The van der Waals surface area contributed by atoms with Crippen LogP contribution in [0.3, 0.4) is 0 Å². The molecule has 0 heterocycles. The minimum Gasteiger partial charge on any atom is -0.479 e. The van der Waals surface area contributed by atoms with Gasteiger partial charge in [-0.3, -0.25) is 24.0 Å². The van der Waals surface area contributed by atoms with E-state index in [-0.39, 0.29) is 64.4 Å². The van der Waals surface area contributed by atoms with Crippen LogP contribution < -0.4 is 31.9 Å². The molecule has 2 atom stereocenters. The van der Waals surface area contributed by atoms with Crippen LogP contribution in [0.25, 0.3) is 11.1 Å². The van der Waals surface area contributed by atoms with E-state index >= 15 is 0 Å². The standard InChI is InChI=1S/C47H60N6O14/c54-40(16-18-62-20-22-64-24-25-65-23-21-63-19-17-48-47(61)66-30-38-36-12-6-4-10-34(36)35-11-5-7-13-37(35)38)49-27-41(55)50-29-43(57)53-39(26-32-8-2-1-3-9-32)45(58)51-28-42(56)52-31-67-44(46(59)60)33-14-15-33/h1-13,33,38-39,44H,14-31H2,(H,48,61)(H,49,54)(H,50,55)(H,51,58)(H,52,56)(H,53,57)(H,59,60)/t39-,44-/m0/s1. The molecule has 0 saturated heterocycles. The molecule has 1 fully saturated rings. The molecule has 0 unspecified atom stereocenters. The number of ether oxygens (including phenoxy) is 6. The number of carbonyl (C=O) groups excluding carboxylic acids is 6. The zero-order chi connectivity index (χ0) is 47.6. The van der Waals surface area contributed by atoms with Crippen molar-refractivity contribution in [2.45, 2.75) is 43.7 Å². The van der Waals surface area contributed by atoms with Crippen LogP contribution in [0.1, 0.15) is 41.9 Å². The Morgan fingerprint density at radius 2 is 1.12 bits per heavy atom. The zero-order valence-corrected chi connectivity index (χ0v) is 37.3. The van der Waals surface area contributed by atoms with Gasteiger partial charge in [0.05, 0.1) is 72.5 Å². The highest BCUT2D eigenvalue weighted by molar-refractivity contribution is 5.93. The topological polar surface area (TPSA) is 267 Å². The molecule has 6 amide bonds. The average Bonchev–Trinajstić information content (AvgIpc) is 4.12. The molecule has 1 saturated carbocycles. The Morgan fingerprint density at radius 3 is 1.75 bits per heavy atom. The molecule has 2 aliphatic rings. The third-order valence-electron chi connectivity index (χ3n) is 10.5. The number of benzene rings is 3. The van der Waals surface area contributed by atoms with Gasteiger partial charge in [-0.05, 0) is 46.6 Å². The summed E-state index contributed by atoms with van der Waals surface area (Å²) < 4.78 is 32.6. The van der Waals surface area contributed by atoms with Crippen molar-refractivity contribution in [1.29, 1.82) is 0 Å². The molecule has 2 aliphatic carbocycles. The second-order valence-electron chi connectivity index (χ2n) is 15.5. The summed E-state index contributed by atoms with van der Waals surface area (Å²) in [6, 6.07) is 24.1. The van der Waals surface area contributed by atoms with Crippen LogP contribution >= 0.6 is 0 Å². The molecule has 20 nitrogen and oxygen atoms in total. The van der Waals surface area contributed by atoms with Crippen molar-refractivity contribution in [3.05, 3.63) is 95.6 Å². The van der Waals surface area contributed by atoms with Crippen molar-refractivity contribution in [3.8, 4) is 11.1 Å². The Labute approximate surface area is 388 Å². The van der Waals surface area contributed by atoms with Gasteiger partial charge in [0, 0.05) is 25.3 Å². The number of rotatable bonds is 32. The van der Waals surface area contributed by atoms with Gasteiger partial charge in [-0.25, -0.2) is 9.59 Å². The Balaban J connectivity index is 0.813. The van der Waals surface area contributed by atoms with E-state index in [0.717, 1.165) is 29.5 Å². The van der Waals surface area contributed by atoms with Crippen LogP contribution in [0.5, 0.6) is 0 Å². The lowest BCUT2D eigenvalue weighted by atomic mass is 9.98. The molecule has 0 radical (unpaired) electrons. The van der Waals surface area contributed by atoms with Gasteiger partial charge >= 0.3 is 12.1 Å². The van der Waals surface area contributed by atoms with E-state index in [1.807, 2.05) is 24.3 Å². The Hall–Kier alpha value is -6.45. The van der Waals surface area contributed by atoms with E-state index in [1.54, 1.807) is 30.3 Å². The molecule has 362 valence electrons. The summed E-state index contributed by atoms with van der Waals surface area (Å²) >= 11 is 0. The normalized spacial score (nSPS) is 13.6. The Morgan fingerprint density at radius 1 is 0.582 bits per heavy atom. The summed E-state index contributed by atoms with van der Waals surface area (Å²) in [4.78, 5) is 86.1. The molecule has 20 heteroatoms. The lowest BCUT2D eigenvalue weighted by Gasteiger charge is -2.19. The molecule has 0 spiro atoms. The number of hydrogen-bond acceptors (Lipinski definition) is 13. The maximum atomic E-state index is 13.0. The summed E-state index contributed by atoms with van der Waals surface area (Å²) in [7, 11) is 0. The Bertz CT molecular complexity index is 2040. The van der Waals surface area contributed by atoms with Crippen molar-refractivity contribution in [3.63, 3.8) is 0 Å². The van der Waals surface area contributed by atoms with Gasteiger partial charge in [-0.15, -0.1) is 0 Å². The van der Waals surface area contributed by atoms with Crippen LogP contribution in [-0.4, -0.2) is 151 Å². The number of amides is 6. The Kier molecular flexibility index (Phi) is 22.0. The summed E-state index contributed by atoms with van der Waals surface area (Å²) in [5.41, 5.74) is 5.36. The molecule has 5 rings (SSSR count). The van der Waals surface area contributed by atoms with E-state index in [9.17, 15) is 38.7 Å². The lowest BCUT2D eigenvalue weighted by Crippen LogP contribution is -2.52. The lowest BCUT2D eigenvalue weighted by molar-refractivity contribution is -0.153. The van der Waals surface area contributed by atoms with Gasteiger partial charge < -0.3 is 65.4 Å². The fourth-order valence-corrected chi connectivity index (χ4v) is 6.99. The summed E-state index contributed by atoms with van der Waals surface area (Å²) in [6.45, 7) is 1.15. The number of carbonyl (C=O) groups is 7. The van der Waals surface area contributed by atoms with Gasteiger partial charge in [0.25, 0.3) is 0 Å². The number of aliphatic carboxylic acids is 1. The molecule has 3 aromatic carbocycles. The number of fused-ring (bicyclic) bond motifs is 3. The van der Waals surface area contributed by atoms with Crippen LogP contribution in [0.4, 0.5) is 4.79 Å². The third-order valence-corrected chi connectivity index (χ3v) is 10.5. The number of carboxylic acid groups (broad SMARTS) is 1. The average molecular weight is 933 g/mol. The van der Waals surface area contributed by atoms with Gasteiger partial charge in [0.1, 0.15) is 19.4 Å². The van der Waals surface area contributed by atoms with Crippen molar-refractivity contribution in [2.24, 2.45) is 5.92 Å². The van der Waals surface area contributed by atoms with Gasteiger partial charge in [0.15, 0.2) is 6.10 Å². The second kappa shape index (κ2) is 28.6. The SMILES string of the molecule is O=C(CCOCCOCCOCCOCCNC(=O)OCC1c2ccccc2-c2ccccc21)NCC(=O)NCC(=O)N[C@@H](Cc1ccccc1)C(=O)NCC(=O)NCO[C@H](C(=O)O)C1CC1. The summed E-state index contributed by atoms with van der Waals surface area (Å²) in [5, 5.41) is 24.2.